The maximum atomic E-state index is 11.9. The molecule has 0 spiro atoms. The third kappa shape index (κ3) is 5.90. The number of thioether (sulfide) groups is 1. The summed E-state index contributed by atoms with van der Waals surface area (Å²) in [6.07, 6.45) is 5.48. The Bertz CT molecular complexity index is 460. The van der Waals surface area contributed by atoms with Crippen LogP contribution in [0.3, 0.4) is 0 Å². The summed E-state index contributed by atoms with van der Waals surface area (Å²) >= 11 is 1.77. The summed E-state index contributed by atoms with van der Waals surface area (Å²) < 4.78 is 26.4. The van der Waals surface area contributed by atoms with Crippen LogP contribution in [0.15, 0.2) is 23.4 Å². The lowest BCUT2D eigenvalue weighted by atomic mass is 10.3. The Morgan fingerprint density at radius 1 is 1.32 bits per heavy atom. The number of nitrogens with one attached hydrogen (secondary N) is 2. The molecule has 0 aliphatic heterocycles. The molecular formula is C12H21N3O2S2. The monoisotopic (exact) mass is 303 g/mol. The normalized spacial score (nSPS) is 11.7. The van der Waals surface area contributed by atoms with Gasteiger partial charge in [0.2, 0.25) is 0 Å². The highest BCUT2D eigenvalue weighted by molar-refractivity contribution is 7.98. The third-order valence-corrected chi connectivity index (χ3v) is 4.59. The molecule has 0 radical (unpaired) electrons. The van der Waals surface area contributed by atoms with E-state index in [0.717, 1.165) is 24.2 Å². The van der Waals surface area contributed by atoms with Crippen molar-refractivity contribution in [3.63, 3.8) is 0 Å². The zero-order valence-corrected chi connectivity index (χ0v) is 13.0. The second-order valence-corrected chi connectivity index (χ2v) is 6.83. The van der Waals surface area contributed by atoms with Gasteiger partial charge in [0.05, 0.1) is 0 Å². The summed E-state index contributed by atoms with van der Waals surface area (Å²) in [5.41, 5.74) is 0.960. The number of hydrogen-bond acceptors (Lipinski definition) is 5. The van der Waals surface area contributed by atoms with Gasteiger partial charge >= 0.3 is 0 Å². The van der Waals surface area contributed by atoms with Crippen LogP contribution in [-0.2, 0) is 16.6 Å². The number of aromatic nitrogens is 1. The number of pyridine rings is 1. The first-order chi connectivity index (χ1) is 9.10. The van der Waals surface area contributed by atoms with E-state index in [0.29, 0.717) is 13.1 Å². The van der Waals surface area contributed by atoms with Crippen LogP contribution >= 0.6 is 11.8 Å². The van der Waals surface area contributed by atoms with Crippen LogP contribution in [0.1, 0.15) is 18.4 Å². The van der Waals surface area contributed by atoms with Crippen molar-refractivity contribution in [2.45, 2.75) is 24.4 Å². The number of unbranched alkanes of at least 4 members (excludes halogenated alkanes) is 1. The number of sulfonamides is 1. The highest BCUT2D eigenvalue weighted by Crippen LogP contribution is 2.07. The summed E-state index contributed by atoms with van der Waals surface area (Å²) in [7, 11) is -1.63. The quantitative estimate of drug-likeness (QED) is 0.671. The Labute approximate surface area is 119 Å². The minimum absolute atomic E-state index is 0.0808. The molecule has 0 aliphatic rings. The van der Waals surface area contributed by atoms with Gasteiger partial charge < -0.3 is 5.32 Å². The van der Waals surface area contributed by atoms with Gasteiger partial charge in [-0.2, -0.15) is 11.8 Å². The summed E-state index contributed by atoms with van der Waals surface area (Å²) in [4.78, 5) is 3.99. The maximum absolute atomic E-state index is 11.9. The molecule has 1 rings (SSSR count). The minimum Gasteiger partial charge on any atom is -0.316 e. The molecule has 19 heavy (non-hydrogen) atoms. The van der Waals surface area contributed by atoms with E-state index in [2.05, 4.69) is 15.0 Å². The fraction of sp³-hybridized carbons (Fsp3) is 0.583. The van der Waals surface area contributed by atoms with Crippen LogP contribution in [0.5, 0.6) is 0 Å². The van der Waals surface area contributed by atoms with Gasteiger partial charge in [-0.25, -0.2) is 18.1 Å². The van der Waals surface area contributed by atoms with Gasteiger partial charge in [-0.1, -0.05) is 6.07 Å². The van der Waals surface area contributed by atoms with E-state index < -0.39 is 10.0 Å². The van der Waals surface area contributed by atoms with Crippen LogP contribution < -0.4 is 10.0 Å². The molecule has 0 aromatic carbocycles. The van der Waals surface area contributed by atoms with Gasteiger partial charge in [-0.3, -0.25) is 0 Å². The molecule has 1 aromatic rings. The van der Waals surface area contributed by atoms with E-state index in [1.165, 1.54) is 6.07 Å². The molecule has 108 valence electrons. The van der Waals surface area contributed by atoms with Gasteiger partial charge in [0.15, 0.2) is 5.03 Å². The maximum Gasteiger partial charge on any atom is 0.258 e. The standard InChI is InChI=1S/C12H21N3O2S2/c1-13-9-11-5-6-12(14-10-11)19(16,17)15-7-3-4-8-18-2/h5-6,10,13,15H,3-4,7-9H2,1-2H3. The van der Waals surface area contributed by atoms with Crippen molar-refractivity contribution in [1.82, 2.24) is 15.0 Å². The lowest BCUT2D eigenvalue weighted by Gasteiger charge is -2.06. The van der Waals surface area contributed by atoms with Crippen LogP contribution in [0.4, 0.5) is 0 Å². The number of hydrogen-bond donors (Lipinski definition) is 2. The summed E-state index contributed by atoms with van der Waals surface area (Å²) in [5, 5.41) is 3.07. The van der Waals surface area contributed by atoms with E-state index >= 15 is 0 Å². The smallest absolute Gasteiger partial charge is 0.258 e. The molecule has 0 saturated heterocycles. The van der Waals surface area contributed by atoms with Gasteiger partial charge in [-0.05, 0) is 43.5 Å². The van der Waals surface area contributed by atoms with E-state index in [-0.39, 0.29) is 5.03 Å². The molecule has 0 unspecified atom stereocenters. The van der Waals surface area contributed by atoms with Crippen molar-refractivity contribution >= 4 is 21.8 Å². The Hall–Kier alpha value is -0.630. The van der Waals surface area contributed by atoms with Crippen LogP contribution in [0, 0.1) is 0 Å². The molecule has 0 amide bonds. The van der Waals surface area contributed by atoms with Crippen LogP contribution in [0.2, 0.25) is 0 Å². The highest BCUT2D eigenvalue weighted by Gasteiger charge is 2.14. The van der Waals surface area contributed by atoms with Crippen molar-refractivity contribution < 1.29 is 8.42 Å². The van der Waals surface area contributed by atoms with Crippen molar-refractivity contribution in [1.29, 1.82) is 0 Å². The van der Waals surface area contributed by atoms with Crippen molar-refractivity contribution in [2.75, 3.05) is 25.6 Å². The molecule has 0 bridgehead atoms. The second-order valence-electron chi connectivity index (χ2n) is 4.13. The fourth-order valence-corrected chi connectivity index (χ4v) is 3.02. The average molecular weight is 303 g/mol. The first kappa shape index (κ1) is 16.4. The molecule has 1 heterocycles. The predicted octanol–water partition coefficient (Wildman–Crippen LogP) is 1.22. The zero-order chi connectivity index (χ0) is 14.1. The molecule has 1 aromatic heterocycles. The molecule has 0 fully saturated rings. The lowest BCUT2D eigenvalue weighted by molar-refractivity contribution is 0.574. The predicted molar refractivity (Wildman–Crippen MR) is 79.8 cm³/mol. The van der Waals surface area contributed by atoms with Gasteiger partial charge in [-0.15, -0.1) is 0 Å². The zero-order valence-electron chi connectivity index (χ0n) is 11.3. The number of nitrogens with zero attached hydrogens (tertiary/aromatic N) is 1. The van der Waals surface area contributed by atoms with Gasteiger partial charge in [0, 0.05) is 19.3 Å². The van der Waals surface area contributed by atoms with Crippen molar-refractivity contribution in [2.24, 2.45) is 0 Å². The Kier molecular flexibility index (Phi) is 7.37. The van der Waals surface area contributed by atoms with Gasteiger partial charge in [0.1, 0.15) is 0 Å². The topological polar surface area (TPSA) is 71.1 Å². The molecule has 2 N–H and O–H groups in total. The summed E-state index contributed by atoms with van der Waals surface area (Å²) in [6.45, 7) is 1.14. The van der Waals surface area contributed by atoms with Crippen molar-refractivity contribution in [3.05, 3.63) is 23.9 Å². The first-order valence-electron chi connectivity index (χ1n) is 6.18. The Balaban J connectivity index is 2.52. The Morgan fingerprint density at radius 3 is 2.68 bits per heavy atom. The van der Waals surface area contributed by atoms with E-state index in [9.17, 15) is 8.42 Å². The highest BCUT2D eigenvalue weighted by atomic mass is 32.2. The molecule has 0 atom stereocenters. The fourth-order valence-electron chi connectivity index (χ4n) is 1.53. The Morgan fingerprint density at radius 2 is 2.11 bits per heavy atom. The summed E-state index contributed by atoms with van der Waals surface area (Å²) in [6, 6.07) is 3.31. The largest absolute Gasteiger partial charge is 0.316 e. The molecule has 7 heteroatoms. The lowest BCUT2D eigenvalue weighted by Crippen LogP contribution is -2.25. The van der Waals surface area contributed by atoms with Crippen LogP contribution in [0.25, 0.3) is 0 Å². The molecule has 5 nitrogen and oxygen atoms in total. The molecular weight excluding hydrogens is 282 g/mol. The van der Waals surface area contributed by atoms with Crippen LogP contribution in [-0.4, -0.2) is 39.0 Å². The first-order valence-corrected chi connectivity index (χ1v) is 9.06. The van der Waals surface area contributed by atoms with E-state index in [1.807, 2.05) is 13.3 Å². The van der Waals surface area contributed by atoms with E-state index in [1.54, 1.807) is 24.0 Å². The minimum atomic E-state index is -3.47. The van der Waals surface area contributed by atoms with Gasteiger partial charge in [0.25, 0.3) is 10.0 Å². The molecule has 0 aliphatic carbocycles. The number of rotatable bonds is 9. The SMILES string of the molecule is CNCc1ccc(S(=O)(=O)NCCCCSC)nc1. The van der Waals surface area contributed by atoms with E-state index in [4.69, 9.17) is 0 Å². The second kappa shape index (κ2) is 8.52. The summed E-state index contributed by atoms with van der Waals surface area (Å²) in [5.74, 6) is 1.05. The third-order valence-electron chi connectivity index (χ3n) is 2.52. The molecule has 0 saturated carbocycles. The van der Waals surface area contributed by atoms with Crippen molar-refractivity contribution in [3.8, 4) is 0 Å². The average Bonchev–Trinajstić information content (AvgIpc) is 2.39.